The molecule has 0 radical (unpaired) electrons. The molecule has 10 heteroatoms. The van der Waals surface area contributed by atoms with Gasteiger partial charge in [-0.15, -0.1) is 0 Å². The van der Waals surface area contributed by atoms with Gasteiger partial charge < -0.3 is 21.1 Å². The second-order valence-corrected chi connectivity index (χ2v) is 7.95. The first-order valence-electron chi connectivity index (χ1n) is 10.0. The molecule has 10 nitrogen and oxygen atoms in total. The van der Waals surface area contributed by atoms with Gasteiger partial charge in [-0.25, -0.2) is 14.3 Å². The van der Waals surface area contributed by atoms with Crippen molar-refractivity contribution in [1.29, 1.82) is 0 Å². The third kappa shape index (κ3) is 3.75. The van der Waals surface area contributed by atoms with Crippen LogP contribution in [0.3, 0.4) is 0 Å². The fourth-order valence-electron chi connectivity index (χ4n) is 3.72. The number of hydrogen-bond donors (Lipinski definition) is 5. The van der Waals surface area contributed by atoms with Gasteiger partial charge in [0.25, 0.3) is 0 Å². The molecule has 0 aromatic carbocycles. The number of aromatic nitrogens is 5. The molecule has 0 saturated heterocycles. The number of fused-ring (bicyclic) bond motifs is 1. The van der Waals surface area contributed by atoms with E-state index in [1.807, 2.05) is 6.20 Å². The van der Waals surface area contributed by atoms with E-state index in [0.717, 1.165) is 44.2 Å². The van der Waals surface area contributed by atoms with Gasteiger partial charge >= 0.3 is 5.69 Å². The molecule has 0 aliphatic heterocycles. The van der Waals surface area contributed by atoms with Gasteiger partial charge in [0, 0.05) is 17.3 Å². The number of nitrogens with zero attached hydrogens (tertiary/aromatic N) is 4. The molecular formula is C19H24N8O2. The smallest absolute Gasteiger partial charge is 0.326 e. The first-order valence-corrected chi connectivity index (χ1v) is 10.0. The van der Waals surface area contributed by atoms with E-state index in [4.69, 9.17) is 15.7 Å². The number of nitrogens with two attached hydrogens (primary N) is 1. The number of H-pyrrole nitrogens is 2. The van der Waals surface area contributed by atoms with Crippen LogP contribution in [0.2, 0.25) is 0 Å². The number of imidazole rings is 1. The number of anilines is 1. The highest BCUT2D eigenvalue weighted by atomic mass is 16.3. The summed E-state index contributed by atoms with van der Waals surface area (Å²) in [5.41, 5.74) is 8.00. The van der Waals surface area contributed by atoms with Gasteiger partial charge in [-0.3, -0.25) is 9.98 Å². The minimum Gasteiger partial charge on any atom is -0.493 e. The lowest BCUT2D eigenvalue weighted by Crippen LogP contribution is -2.30. The van der Waals surface area contributed by atoms with E-state index >= 15 is 0 Å². The maximum absolute atomic E-state index is 11.4. The standard InChI is InChI=1S/C19H24N8O2/c20-11-1-3-13(4-2-11)23-16-15(22-12-5-6-12)9-27-17(25-16)10(8-21-27)7-14-18(28)26-19(29)24-14/h7-9,11-13,22,28H,1-6,20H2,(H2,24,26,29). The van der Waals surface area contributed by atoms with Crippen LogP contribution in [0, 0.1) is 0 Å². The van der Waals surface area contributed by atoms with Gasteiger partial charge in [0.1, 0.15) is 5.69 Å². The van der Waals surface area contributed by atoms with Crippen molar-refractivity contribution in [3.05, 3.63) is 39.3 Å². The molecule has 5 rings (SSSR count). The fraction of sp³-hybridized carbons (Fsp3) is 0.474. The molecule has 29 heavy (non-hydrogen) atoms. The van der Waals surface area contributed by atoms with Crippen LogP contribution in [0.5, 0.6) is 5.88 Å². The van der Waals surface area contributed by atoms with Crippen molar-refractivity contribution in [3.8, 4) is 5.88 Å². The molecule has 0 atom stereocenters. The van der Waals surface area contributed by atoms with Crippen LogP contribution >= 0.6 is 0 Å². The average Bonchev–Trinajstić information content (AvgIpc) is 3.34. The third-order valence-corrected chi connectivity index (χ3v) is 5.52. The summed E-state index contributed by atoms with van der Waals surface area (Å²) in [5, 5.41) is 18.4. The molecular weight excluding hydrogens is 372 g/mol. The first-order chi connectivity index (χ1) is 14.0. The van der Waals surface area contributed by atoms with Crippen molar-refractivity contribution in [3.63, 3.8) is 0 Å². The van der Waals surface area contributed by atoms with Crippen LogP contribution in [0.4, 0.5) is 5.69 Å². The molecule has 0 amide bonds. The Balaban J connectivity index is 1.61. The van der Waals surface area contributed by atoms with Crippen LogP contribution in [0.25, 0.3) is 11.7 Å². The van der Waals surface area contributed by atoms with Gasteiger partial charge in [-0.05, 0) is 44.6 Å². The number of aromatic hydroxyl groups is 1. The molecule has 2 aliphatic carbocycles. The van der Waals surface area contributed by atoms with Crippen molar-refractivity contribution < 1.29 is 5.11 Å². The van der Waals surface area contributed by atoms with Crippen LogP contribution in [-0.4, -0.2) is 47.8 Å². The van der Waals surface area contributed by atoms with Crippen molar-refractivity contribution in [2.24, 2.45) is 10.7 Å². The summed E-state index contributed by atoms with van der Waals surface area (Å²) in [6.07, 6.45) is 11.4. The SMILES string of the molecule is NC1CCC(N=c2nc3c(=Cc4[nH]c(=O)[nH]c4O)cnn3cc2NC2CC2)CC1. The number of hydrogen-bond acceptors (Lipinski definition) is 7. The Bertz CT molecular complexity index is 1210. The van der Waals surface area contributed by atoms with Crippen LogP contribution in [-0.2, 0) is 0 Å². The largest absolute Gasteiger partial charge is 0.493 e. The van der Waals surface area contributed by atoms with Crippen molar-refractivity contribution >= 4 is 17.4 Å². The van der Waals surface area contributed by atoms with Gasteiger partial charge in [-0.1, -0.05) is 0 Å². The molecule has 6 N–H and O–H groups in total. The van der Waals surface area contributed by atoms with Crippen molar-refractivity contribution in [2.45, 2.75) is 56.7 Å². The van der Waals surface area contributed by atoms with Gasteiger partial charge in [0.05, 0.1) is 24.1 Å². The maximum Gasteiger partial charge on any atom is 0.326 e. The number of rotatable bonds is 4. The maximum atomic E-state index is 11.4. The predicted molar refractivity (Wildman–Crippen MR) is 107 cm³/mol. The molecule has 3 heterocycles. The summed E-state index contributed by atoms with van der Waals surface area (Å²) >= 11 is 0. The van der Waals surface area contributed by atoms with Gasteiger partial charge in [0.15, 0.2) is 11.1 Å². The van der Waals surface area contributed by atoms with Crippen LogP contribution in [0.15, 0.2) is 22.2 Å². The van der Waals surface area contributed by atoms with Crippen LogP contribution < -0.4 is 27.4 Å². The highest BCUT2D eigenvalue weighted by molar-refractivity contribution is 5.57. The normalized spacial score (nSPS) is 23.8. The molecule has 0 unspecified atom stereocenters. The zero-order valence-corrected chi connectivity index (χ0v) is 15.9. The van der Waals surface area contributed by atoms with E-state index in [1.54, 1.807) is 16.8 Å². The average molecular weight is 396 g/mol. The Morgan fingerprint density at radius 3 is 2.72 bits per heavy atom. The lowest BCUT2D eigenvalue weighted by Gasteiger charge is -2.22. The number of aromatic amines is 2. The molecule has 152 valence electrons. The summed E-state index contributed by atoms with van der Waals surface area (Å²) in [7, 11) is 0. The Morgan fingerprint density at radius 1 is 1.24 bits per heavy atom. The summed E-state index contributed by atoms with van der Waals surface area (Å²) in [5.74, 6) is -0.218. The fourth-order valence-corrected chi connectivity index (χ4v) is 3.72. The predicted octanol–water partition coefficient (Wildman–Crippen LogP) is -0.256. The van der Waals surface area contributed by atoms with E-state index in [9.17, 15) is 9.90 Å². The van der Waals surface area contributed by atoms with E-state index in [2.05, 4.69) is 20.4 Å². The highest BCUT2D eigenvalue weighted by Crippen LogP contribution is 2.23. The lowest BCUT2D eigenvalue weighted by molar-refractivity contribution is 0.391. The van der Waals surface area contributed by atoms with E-state index in [0.29, 0.717) is 22.4 Å². The van der Waals surface area contributed by atoms with Crippen LogP contribution in [0.1, 0.15) is 44.2 Å². The zero-order chi connectivity index (χ0) is 20.0. The zero-order valence-electron chi connectivity index (χ0n) is 15.9. The minimum absolute atomic E-state index is 0.213. The van der Waals surface area contributed by atoms with Gasteiger partial charge in [-0.2, -0.15) is 5.10 Å². The highest BCUT2D eigenvalue weighted by Gasteiger charge is 2.23. The first kappa shape index (κ1) is 17.9. The summed E-state index contributed by atoms with van der Waals surface area (Å²) in [4.78, 5) is 26.0. The Hall–Kier alpha value is -3.14. The summed E-state index contributed by atoms with van der Waals surface area (Å²) in [6, 6.07) is 0.949. The Morgan fingerprint density at radius 2 is 2.03 bits per heavy atom. The van der Waals surface area contributed by atoms with Crippen molar-refractivity contribution in [2.75, 3.05) is 5.32 Å². The minimum atomic E-state index is -0.472. The molecule has 3 aromatic heterocycles. The van der Waals surface area contributed by atoms with E-state index in [-0.39, 0.29) is 23.7 Å². The van der Waals surface area contributed by atoms with Crippen molar-refractivity contribution in [1.82, 2.24) is 24.6 Å². The Labute approximate surface area is 165 Å². The molecule has 2 aliphatic rings. The molecule has 3 aromatic rings. The van der Waals surface area contributed by atoms with E-state index in [1.165, 1.54) is 0 Å². The van der Waals surface area contributed by atoms with Gasteiger partial charge in [0.2, 0.25) is 5.88 Å². The Kier molecular flexibility index (Phi) is 4.35. The third-order valence-electron chi connectivity index (χ3n) is 5.52. The second kappa shape index (κ2) is 7.03. The molecule has 2 fully saturated rings. The monoisotopic (exact) mass is 396 g/mol. The quantitative estimate of drug-likeness (QED) is 0.410. The summed E-state index contributed by atoms with van der Waals surface area (Å²) < 4.78 is 1.69. The number of nitrogens with one attached hydrogen (secondary N) is 3. The topological polar surface area (TPSA) is 149 Å². The lowest BCUT2D eigenvalue weighted by atomic mass is 9.92. The molecule has 0 spiro atoms. The molecule has 0 bridgehead atoms. The summed E-state index contributed by atoms with van der Waals surface area (Å²) in [6.45, 7) is 0. The second-order valence-electron chi connectivity index (χ2n) is 7.95. The van der Waals surface area contributed by atoms with E-state index < -0.39 is 5.69 Å². The molecule has 2 saturated carbocycles.